The second-order valence-corrected chi connectivity index (χ2v) is 12.2. The summed E-state index contributed by atoms with van der Waals surface area (Å²) in [5.74, 6) is -18.3. The number of ether oxygens (including phenoxy) is 2. The number of benzene rings is 1. The predicted molar refractivity (Wildman–Crippen MR) is 136 cm³/mol. The molecule has 1 aliphatic heterocycles. The highest BCUT2D eigenvalue weighted by Gasteiger charge is 2.86. The van der Waals surface area contributed by atoms with Gasteiger partial charge in [0.1, 0.15) is 5.92 Å². The Kier molecular flexibility index (Phi) is 6.38. The van der Waals surface area contributed by atoms with Gasteiger partial charge in [-0.2, -0.15) is 30.7 Å². The van der Waals surface area contributed by atoms with E-state index in [1.807, 2.05) is 0 Å². The number of carbonyl (C=O) groups is 2. The quantitative estimate of drug-likeness (QED) is 0.210. The maximum atomic E-state index is 16.6. The fourth-order valence-corrected chi connectivity index (χ4v) is 8.51. The summed E-state index contributed by atoms with van der Waals surface area (Å²) in [6.45, 7) is 2.20. The molecule has 5 nitrogen and oxygen atoms in total. The largest absolute Gasteiger partial charge is 0.465 e. The van der Waals surface area contributed by atoms with Crippen LogP contribution in [-0.4, -0.2) is 41.1 Å². The van der Waals surface area contributed by atoms with Gasteiger partial charge in [-0.1, -0.05) is 23.8 Å². The molecule has 0 N–H and O–H groups in total. The molecule has 2 heterocycles. The molecule has 0 unspecified atom stereocenters. The molecule has 5 fully saturated rings. The first-order valence-corrected chi connectivity index (χ1v) is 14.1. The Hall–Kier alpha value is -3.05. The molecular weight excluding hydrogens is 571 g/mol. The summed E-state index contributed by atoms with van der Waals surface area (Å²) in [5, 5.41) is -0.145. The lowest BCUT2D eigenvalue weighted by Gasteiger charge is -2.52. The zero-order chi connectivity index (χ0) is 30.6. The van der Waals surface area contributed by atoms with Crippen molar-refractivity contribution in [3.63, 3.8) is 0 Å². The number of carbonyl (C=O) groups excluding carboxylic acids is 2. The molecule has 1 aromatic carbocycles. The van der Waals surface area contributed by atoms with E-state index in [0.717, 1.165) is 6.42 Å². The zero-order valence-electron chi connectivity index (χ0n) is 23.2. The van der Waals surface area contributed by atoms with E-state index in [0.29, 0.717) is 43.1 Å². The van der Waals surface area contributed by atoms with Crippen LogP contribution in [0.15, 0.2) is 35.4 Å². The number of aromatic nitrogens is 1. The molecule has 5 aliphatic rings. The maximum absolute atomic E-state index is 16.6. The third-order valence-corrected chi connectivity index (χ3v) is 10.0. The topological polar surface area (TPSA) is 57.5 Å². The number of aryl methyl sites for hydroxylation is 1. The third kappa shape index (κ3) is 3.61. The standard InChI is InChI=1S/C30H30F7NO4/c1-4-41-26(40)24-22(21-17-10-15-9-16(12-17)13-18(21)11-15)25(39)42-27(24,28(31,32)29(33,34)30(35,36)37)23-14(2)38(3)20-8-6-5-7-19(20)23/h5-8,15-18,24H,4,9-13H2,1-3H3/t15?,16?,17?,18?,24-,27+/m1/s1. The van der Waals surface area contributed by atoms with Crippen LogP contribution in [0.1, 0.15) is 50.3 Å². The van der Waals surface area contributed by atoms with Crippen molar-refractivity contribution in [1.29, 1.82) is 0 Å². The zero-order valence-corrected chi connectivity index (χ0v) is 23.2. The minimum atomic E-state index is -6.74. The molecule has 7 rings (SSSR count). The monoisotopic (exact) mass is 601 g/mol. The number of hydrogen-bond donors (Lipinski definition) is 0. The molecule has 0 spiro atoms. The molecule has 12 heteroatoms. The number of hydrogen-bond acceptors (Lipinski definition) is 4. The fourth-order valence-electron chi connectivity index (χ4n) is 8.51. The molecule has 42 heavy (non-hydrogen) atoms. The van der Waals surface area contributed by atoms with E-state index in [2.05, 4.69) is 0 Å². The van der Waals surface area contributed by atoms with E-state index >= 15 is 17.6 Å². The lowest BCUT2D eigenvalue weighted by atomic mass is 9.52. The van der Waals surface area contributed by atoms with Crippen molar-refractivity contribution >= 4 is 22.8 Å². The van der Waals surface area contributed by atoms with Crippen LogP contribution in [0.5, 0.6) is 0 Å². The van der Waals surface area contributed by atoms with Crippen LogP contribution in [0.2, 0.25) is 0 Å². The minimum absolute atomic E-state index is 0.145. The highest BCUT2D eigenvalue weighted by atomic mass is 19.4. The van der Waals surface area contributed by atoms with E-state index in [9.17, 15) is 22.8 Å². The highest BCUT2D eigenvalue weighted by molar-refractivity contribution is 6.02. The molecule has 4 aliphatic carbocycles. The summed E-state index contributed by atoms with van der Waals surface area (Å²) in [6.07, 6.45) is -3.30. The van der Waals surface area contributed by atoms with Crippen LogP contribution in [0.25, 0.3) is 10.9 Å². The van der Waals surface area contributed by atoms with E-state index in [4.69, 9.17) is 9.47 Å². The van der Waals surface area contributed by atoms with Crippen LogP contribution in [-0.2, 0) is 31.7 Å². The number of cyclic esters (lactones) is 1. The Labute approximate surface area is 237 Å². The lowest BCUT2D eigenvalue weighted by Crippen LogP contribution is -2.65. The smallest absolute Gasteiger partial charge is 0.460 e. The van der Waals surface area contributed by atoms with Crippen LogP contribution in [0.3, 0.4) is 0 Å². The van der Waals surface area contributed by atoms with Crippen molar-refractivity contribution < 1.29 is 49.8 Å². The van der Waals surface area contributed by atoms with Gasteiger partial charge in [-0.3, -0.25) is 4.79 Å². The molecular formula is C30H30F7NO4. The average molecular weight is 602 g/mol. The first-order valence-electron chi connectivity index (χ1n) is 14.1. The van der Waals surface area contributed by atoms with Gasteiger partial charge in [0.05, 0.1) is 12.2 Å². The van der Waals surface area contributed by atoms with Crippen molar-refractivity contribution in [3.8, 4) is 0 Å². The van der Waals surface area contributed by atoms with Gasteiger partial charge in [-0.05, 0) is 75.7 Å². The van der Waals surface area contributed by atoms with E-state index in [1.54, 1.807) is 0 Å². The Morgan fingerprint density at radius 3 is 2.12 bits per heavy atom. The average Bonchev–Trinajstić information content (AvgIpc) is 3.34. The summed E-state index contributed by atoms with van der Waals surface area (Å²) >= 11 is 0. The van der Waals surface area contributed by atoms with Crippen LogP contribution < -0.4 is 0 Å². The van der Waals surface area contributed by atoms with Crippen molar-refractivity contribution in [2.45, 2.75) is 69.6 Å². The van der Waals surface area contributed by atoms with Gasteiger partial charge in [-0.25, -0.2) is 4.79 Å². The number of halogens is 7. The Morgan fingerprint density at radius 2 is 1.57 bits per heavy atom. The molecule has 4 bridgehead atoms. The summed E-state index contributed by atoms with van der Waals surface area (Å²) in [5.41, 5.74) is -4.96. The van der Waals surface area contributed by atoms with Gasteiger partial charge in [0.25, 0.3) is 0 Å². The molecule has 0 radical (unpaired) electrons. The molecule has 228 valence electrons. The van der Waals surface area contributed by atoms with Gasteiger partial charge in [0, 0.05) is 29.2 Å². The number of alkyl halides is 7. The van der Waals surface area contributed by atoms with Gasteiger partial charge >= 0.3 is 30.0 Å². The number of esters is 2. The van der Waals surface area contributed by atoms with Crippen LogP contribution >= 0.6 is 0 Å². The summed E-state index contributed by atoms with van der Waals surface area (Å²) < 4.78 is 117. The number of para-hydroxylation sites is 1. The number of fused-ring (bicyclic) bond motifs is 1. The normalized spacial score (nSPS) is 31.3. The number of nitrogens with zero attached hydrogens (tertiary/aromatic N) is 1. The fraction of sp³-hybridized carbons (Fsp3) is 0.600. The van der Waals surface area contributed by atoms with E-state index < -0.39 is 59.2 Å². The lowest BCUT2D eigenvalue weighted by molar-refractivity contribution is -0.391. The van der Waals surface area contributed by atoms with Gasteiger partial charge in [0.2, 0.25) is 5.60 Å². The summed E-state index contributed by atoms with van der Waals surface area (Å²) in [4.78, 5) is 27.6. The molecule has 1 aromatic heterocycles. The SMILES string of the molecule is CCOC(=O)[C@H]1C(=C2C3CC4CC(C3)CC2C4)C(=O)O[C@]1(c1c(C)n(C)c2ccccc12)C(F)(F)C(F)(F)C(F)(F)F. The van der Waals surface area contributed by atoms with E-state index in [-0.39, 0.29) is 28.4 Å². The Morgan fingerprint density at radius 1 is 1.00 bits per heavy atom. The molecule has 0 amide bonds. The first kappa shape index (κ1) is 29.0. The second kappa shape index (κ2) is 9.22. The molecule has 2 atom stereocenters. The summed E-state index contributed by atoms with van der Waals surface area (Å²) in [6, 6.07) is 5.66. The van der Waals surface area contributed by atoms with Gasteiger partial charge in [0.15, 0.2) is 0 Å². The number of rotatable bonds is 5. The van der Waals surface area contributed by atoms with E-state index in [1.165, 1.54) is 49.7 Å². The molecule has 2 aromatic rings. The summed E-state index contributed by atoms with van der Waals surface area (Å²) in [7, 11) is 1.42. The van der Waals surface area contributed by atoms with Gasteiger partial charge in [-0.15, -0.1) is 0 Å². The van der Waals surface area contributed by atoms with Crippen molar-refractivity contribution in [2.24, 2.45) is 36.6 Å². The predicted octanol–water partition coefficient (Wildman–Crippen LogP) is 7.00. The Balaban J connectivity index is 1.73. The third-order valence-electron chi connectivity index (χ3n) is 10.0. The number of allylic oxidation sites excluding steroid dienone is 1. The van der Waals surface area contributed by atoms with Crippen molar-refractivity contribution in [2.75, 3.05) is 6.61 Å². The Bertz CT molecular complexity index is 1480. The molecule has 1 saturated heterocycles. The van der Waals surface area contributed by atoms with Crippen LogP contribution in [0.4, 0.5) is 30.7 Å². The highest BCUT2D eigenvalue weighted by Crippen LogP contribution is 2.66. The molecule has 4 saturated carbocycles. The van der Waals surface area contributed by atoms with Crippen LogP contribution in [0, 0.1) is 36.5 Å². The second-order valence-electron chi connectivity index (χ2n) is 12.2. The minimum Gasteiger partial charge on any atom is -0.465 e. The van der Waals surface area contributed by atoms with Gasteiger partial charge < -0.3 is 14.0 Å². The van der Waals surface area contributed by atoms with Crippen molar-refractivity contribution in [1.82, 2.24) is 4.57 Å². The van der Waals surface area contributed by atoms with Crippen molar-refractivity contribution in [3.05, 3.63) is 46.7 Å². The maximum Gasteiger partial charge on any atom is 0.460 e. The first-order chi connectivity index (χ1) is 19.6.